The van der Waals surface area contributed by atoms with E-state index in [1.54, 1.807) is 31.5 Å². The molecule has 0 heterocycles. The first kappa shape index (κ1) is 22.9. The third kappa shape index (κ3) is 10.7. The van der Waals surface area contributed by atoms with Gasteiger partial charge in [-0.3, -0.25) is 4.79 Å². The number of carboxylic acids is 1. The molecule has 0 aromatic heterocycles. The van der Waals surface area contributed by atoms with Gasteiger partial charge in [-0.1, -0.05) is 73.4 Å². The second kappa shape index (κ2) is 13.2. The van der Waals surface area contributed by atoms with Gasteiger partial charge in [-0.25, -0.2) is 0 Å². The van der Waals surface area contributed by atoms with Crippen LogP contribution in [0.1, 0.15) is 27.2 Å². The van der Waals surface area contributed by atoms with Gasteiger partial charge in [-0.05, 0) is 43.6 Å². The number of rotatable bonds is 11. The molecule has 0 bridgehead atoms. The molecule has 26 heavy (non-hydrogen) atoms. The average Bonchev–Trinajstić information content (AvgIpc) is 2.58. The maximum Gasteiger partial charge on any atom is 0.307 e. The lowest BCUT2D eigenvalue weighted by Crippen LogP contribution is -2.02. The first-order valence-corrected chi connectivity index (χ1v) is 8.28. The van der Waals surface area contributed by atoms with Crippen LogP contribution in [0.5, 0.6) is 0 Å². The van der Waals surface area contributed by atoms with Gasteiger partial charge < -0.3 is 10.4 Å². The maximum atomic E-state index is 10.8. The summed E-state index contributed by atoms with van der Waals surface area (Å²) in [5.41, 5.74) is 4.58. The summed E-state index contributed by atoms with van der Waals surface area (Å²) >= 11 is 0. The van der Waals surface area contributed by atoms with Crippen molar-refractivity contribution in [2.45, 2.75) is 27.2 Å². The molecule has 0 atom stereocenters. The van der Waals surface area contributed by atoms with Crippen molar-refractivity contribution in [2.75, 3.05) is 0 Å². The highest BCUT2D eigenvalue weighted by atomic mass is 16.4. The van der Waals surface area contributed by atoms with Gasteiger partial charge in [0, 0.05) is 12.4 Å². The Labute approximate surface area is 157 Å². The van der Waals surface area contributed by atoms with Gasteiger partial charge in [-0.15, -0.1) is 0 Å². The van der Waals surface area contributed by atoms with Gasteiger partial charge in [-0.2, -0.15) is 0 Å². The maximum absolute atomic E-state index is 10.8. The Kier molecular flexibility index (Phi) is 11.7. The molecular weight excluding hydrogens is 322 g/mol. The molecule has 0 aliphatic heterocycles. The largest absolute Gasteiger partial charge is 0.481 e. The van der Waals surface area contributed by atoms with Crippen molar-refractivity contribution in [2.24, 2.45) is 0 Å². The first-order valence-electron chi connectivity index (χ1n) is 8.28. The highest BCUT2D eigenvalue weighted by molar-refractivity contribution is 5.71. The summed E-state index contributed by atoms with van der Waals surface area (Å²) < 4.78 is 0. The van der Waals surface area contributed by atoms with Crippen molar-refractivity contribution >= 4 is 5.97 Å². The molecule has 3 heteroatoms. The fourth-order valence-corrected chi connectivity index (χ4v) is 1.84. The zero-order chi connectivity index (χ0) is 19.9. The highest BCUT2D eigenvalue weighted by Crippen LogP contribution is 2.12. The van der Waals surface area contributed by atoms with E-state index < -0.39 is 5.97 Å². The first-order chi connectivity index (χ1) is 12.3. The van der Waals surface area contributed by atoms with Gasteiger partial charge in [0.2, 0.25) is 0 Å². The smallest absolute Gasteiger partial charge is 0.307 e. The van der Waals surface area contributed by atoms with Crippen molar-refractivity contribution in [3.05, 3.63) is 109 Å². The summed E-state index contributed by atoms with van der Waals surface area (Å²) in [6.07, 6.45) is 18.6. The third-order valence-corrected chi connectivity index (χ3v) is 3.38. The molecule has 0 fully saturated rings. The number of hydrogen-bond donors (Lipinski definition) is 2. The monoisotopic (exact) mass is 351 g/mol. The van der Waals surface area contributed by atoms with Crippen LogP contribution < -0.4 is 5.32 Å². The predicted octanol–water partition coefficient (Wildman–Crippen LogP) is 5.77. The molecule has 0 saturated carbocycles. The number of aliphatic carboxylic acids is 1. The van der Waals surface area contributed by atoms with Crippen LogP contribution in [0.4, 0.5) is 0 Å². The topological polar surface area (TPSA) is 49.3 Å². The molecule has 0 aromatic rings. The van der Waals surface area contributed by atoms with E-state index in [-0.39, 0.29) is 6.42 Å². The number of allylic oxidation sites excluding steroid dienone is 12. The standard InChI is InChI=1S/C23H29NO2/c1-7-9-11-19(5)13-14-21(8-2)20(6)12-10-15-24-17-22(18(3)4)16-23(25)26/h7-15,17,24H,1-3,16H2,4-6H3,(H,25,26)/b11-9+,15-10+,19-13+,20-12+,21-14+,22-17-. The molecule has 0 rings (SSSR count). The summed E-state index contributed by atoms with van der Waals surface area (Å²) in [6, 6.07) is 0. The summed E-state index contributed by atoms with van der Waals surface area (Å²) in [5.74, 6) is -0.882. The van der Waals surface area contributed by atoms with Crippen molar-refractivity contribution in [3.63, 3.8) is 0 Å². The summed E-state index contributed by atoms with van der Waals surface area (Å²) in [6.45, 7) is 17.1. The van der Waals surface area contributed by atoms with Crippen LogP contribution in [0, 0.1) is 0 Å². The Bertz CT molecular complexity index is 710. The normalized spacial score (nSPS) is 14.0. The zero-order valence-electron chi connectivity index (χ0n) is 16.0. The quantitative estimate of drug-likeness (QED) is 0.464. The molecule has 0 saturated heterocycles. The van der Waals surface area contributed by atoms with Gasteiger partial charge in [0.15, 0.2) is 0 Å². The van der Waals surface area contributed by atoms with Gasteiger partial charge >= 0.3 is 5.97 Å². The second-order valence-electron chi connectivity index (χ2n) is 5.73. The van der Waals surface area contributed by atoms with Crippen LogP contribution >= 0.6 is 0 Å². The van der Waals surface area contributed by atoms with Crippen molar-refractivity contribution in [1.82, 2.24) is 5.32 Å². The Morgan fingerprint density at radius 1 is 1.08 bits per heavy atom. The molecule has 138 valence electrons. The van der Waals surface area contributed by atoms with E-state index in [4.69, 9.17) is 5.11 Å². The lowest BCUT2D eigenvalue weighted by atomic mass is 10.1. The third-order valence-electron chi connectivity index (χ3n) is 3.38. The Morgan fingerprint density at radius 3 is 2.31 bits per heavy atom. The molecule has 0 aromatic carbocycles. The van der Waals surface area contributed by atoms with Gasteiger partial charge in [0.05, 0.1) is 6.42 Å². The molecule has 0 aliphatic rings. The summed E-state index contributed by atoms with van der Waals surface area (Å²) in [4.78, 5) is 10.8. The fourth-order valence-electron chi connectivity index (χ4n) is 1.84. The predicted molar refractivity (Wildman–Crippen MR) is 113 cm³/mol. The fraction of sp³-hybridized carbons (Fsp3) is 0.174. The molecule has 2 N–H and O–H groups in total. The summed E-state index contributed by atoms with van der Waals surface area (Å²) in [7, 11) is 0. The molecule has 3 nitrogen and oxygen atoms in total. The SMILES string of the molecule is C=C/C=C/C(C)=C/C=C(C=C)/C(C)=C/C=C/N/C=C(/CC(=O)O)C(=C)C. The Hall–Kier alpha value is -3.07. The van der Waals surface area contributed by atoms with Crippen molar-refractivity contribution < 1.29 is 9.90 Å². The summed E-state index contributed by atoms with van der Waals surface area (Å²) in [5, 5.41) is 11.8. The van der Waals surface area contributed by atoms with E-state index in [0.29, 0.717) is 5.57 Å². The second-order valence-corrected chi connectivity index (χ2v) is 5.73. The van der Waals surface area contributed by atoms with E-state index in [1.807, 2.05) is 50.3 Å². The minimum Gasteiger partial charge on any atom is -0.481 e. The Balaban J connectivity index is 5.02. The van der Waals surface area contributed by atoms with E-state index in [2.05, 4.69) is 25.1 Å². The lowest BCUT2D eigenvalue weighted by Gasteiger charge is -2.03. The van der Waals surface area contributed by atoms with E-state index in [1.165, 1.54) is 0 Å². The number of nitrogens with one attached hydrogen (secondary N) is 1. The van der Waals surface area contributed by atoms with Crippen LogP contribution in [0.3, 0.4) is 0 Å². The van der Waals surface area contributed by atoms with Crippen LogP contribution in [-0.2, 0) is 4.79 Å². The van der Waals surface area contributed by atoms with Crippen LogP contribution in [-0.4, -0.2) is 11.1 Å². The highest BCUT2D eigenvalue weighted by Gasteiger charge is 2.03. The van der Waals surface area contributed by atoms with E-state index >= 15 is 0 Å². The number of carboxylic acid groups (broad SMARTS) is 1. The number of hydrogen-bond acceptors (Lipinski definition) is 2. The van der Waals surface area contributed by atoms with E-state index in [9.17, 15) is 4.79 Å². The molecule has 0 radical (unpaired) electrons. The van der Waals surface area contributed by atoms with Crippen LogP contribution in [0.25, 0.3) is 0 Å². The lowest BCUT2D eigenvalue weighted by molar-refractivity contribution is -0.136. The molecule has 0 unspecified atom stereocenters. The van der Waals surface area contributed by atoms with Gasteiger partial charge in [0.1, 0.15) is 0 Å². The molecular formula is C23H29NO2. The molecule has 0 aliphatic carbocycles. The molecule has 0 spiro atoms. The van der Waals surface area contributed by atoms with Gasteiger partial charge in [0.25, 0.3) is 0 Å². The van der Waals surface area contributed by atoms with E-state index in [0.717, 1.165) is 22.3 Å². The minimum absolute atomic E-state index is 0.0552. The zero-order valence-corrected chi connectivity index (χ0v) is 16.0. The molecule has 0 amide bonds. The minimum atomic E-state index is -0.882. The van der Waals surface area contributed by atoms with Crippen LogP contribution in [0.2, 0.25) is 0 Å². The van der Waals surface area contributed by atoms with Crippen molar-refractivity contribution in [3.8, 4) is 0 Å². The van der Waals surface area contributed by atoms with Crippen LogP contribution in [0.15, 0.2) is 109 Å². The number of carbonyl (C=O) groups is 1. The van der Waals surface area contributed by atoms with Crippen molar-refractivity contribution in [1.29, 1.82) is 0 Å². The Morgan fingerprint density at radius 2 is 1.77 bits per heavy atom. The average molecular weight is 351 g/mol.